The van der Waals surface area contributed by atoms with E-state index in [1.54, 1.807) is 6.92 Å². The number of carbonyl (C=O) groups excluding carboxylic acids is 1. The van der Waals surface area contributed by atoms with Crippen LogP contribution in [0, 0.1) is 0 Å². The quantitative estimate of drug-likeness (QED) is 0.584. The van der Waals surface area contributed by atoms with Gasteiger partial charge in [0.05, 0.1) is 6.61 Å². The Morgan fingerprint density at radius 2 is 1.88 bits per heavy atom. The van der Waals surface area contributed by atoms with Crippen molar-refractivity contribution in [2.75, 3.05) is 47.4 Å². The molecule has 0 fully saturated rings. The molecule has 0 aromatic carbocycles. The summed E-state index contributed by atoms with van der Waals surface area (Å²) in [5, 5.41) is 0. The molecule has 0 saturated heterocycles. The molecule has 0 aromatic rings. The molecular formula is C11H25N3O2. The first kappa shape index (κ1) is 15.3. The Hall–Kier alpha value is -0.650. The van der Waals surface area contributed by atoms with Crippen LogP contribution in [0.2, 0.25) is 0 Å². The third-order valence-electron chi connectivity index (χ3n) is 2.34. The molecule has 0 aliphatic rings. The molecule has 2 N–H and O–H groups in total. The molecule has 0 bridgehead atoms. The second-order valence-electron chi connectivity index (χ2n) is 4.25. The summed E-state index contributed by atoms with van der Waals surface area (Å²) in [5.41, 5.74) is 5.70. The smallest absolute Gasteiger partial charge is 0.322 e. The van der Waals surface area contributed by atoms with Gasteiger partial charge in [0.2, 0.25) is 0 Å². The van der Waals surface area contributed by atoms with Crippen LogP contribution < -0.4 is 5.73 Å². The molecular weight excluding hydrogens is 206 g/mol. The molecule has 0 rings (SSSR count). The maximum absolute atomic E-state index is 11.2. The van der Waals surface area contributed by atoms with Gasteiger partial charge in [-0.2, -0.15) is 0 Å². The molecule has 96 valence electrons. The minimum Gasteiger partial charge on any atom is -0.465 e. The van der Waals surface area contributed by atoms with Crippen LogP contribution in [0.4, 0.5) is 0 Å². The lowest BCUT2D eigenvalue weighted by Gasteiger charge is -2.20. The number of hydrogen-bond donors (Lipinski definition) is 1. The van der Waals surface area contributed by atoms with Crippen molar-refractivity contribution in [3.8, 4) is 0 Å². The van der Waals surface area contributed by atoms with Gasteiger partial charge in [0.25, 0.3) is 0 Å². The fourth-order valence-electron chi connectivity index (χ4n) is 1.21. The van der Waals surface area contributed by atoms with Gasteiger partial charge < -0.3 is 20.3 Å². The molecule has 1 atom stereocenters. The van der Waals surface area contributed by atoms with Crippen LogP contribution in [0.5, 0.6) is 0 Å². The van der Waals surface area contributed by atoms with Gasteiger partial charge in [0, 0.05) is 13.1 Å². The van der Waals surface area contributed by atoms with Crippen molar-refractivity contribution in [3.05, 3.63) is 0 Å². The molecule has 16 heavy (non-hydrogen) atoms. The molecule has 0 saturated carbocycles. The SMILES string of the molecule is CCOC(=O)C(N)CCN(C)CCN(C)C. The van der Waals surface area contributed by atoms with Crippen molar-refractivity contribution in [2.24, 2.45) is 5.73 Å². The molecule has 0 aromatic heterocycles. The number of nitrogens with zero attached hydrogens (tertiary/aromatic N) is 2. The summed E-state index contributed by atoms with van der Waals surface area (Å²) in [5.74, 6) is -0.302. The second-order valence-corrected chi connectivity index (χ2v) is 4.25. The number of rotatable bonds is 8. The van der Waals surface area contributed by atoms with E-state index in [4.69, 9.17) is 10.5 Å². The fourth-order valence-corrected chi connectivity index (χ4v) is 1.21. The number of hydrogen-bond acceptors (Lipinski definition) is 5. The highest BCUT2D eigenvalue weighted by atomic mass is 16.5. The Morgan fingerprint density at radius 1 is 1.25 bits per heavy atom. The maximum Gasteiger partial charge on any atom is 0.322 e. The number of nitrogens with two attached hydrogens (primary N) is 1. The predicted octanol–water partition coefficient (Wildman–Crippen LogP) is -0.240. The maximum atomic E-state index is 11.2. The molecule has 1 unspecified atom stereocenters. The third kappa shape index (κ3) is 7.62. The Morgan fingerprint density at radius 3 is 2.38 bits per heavy atom. The number of carbonyl (C=O) groups is 1. The summed E-state index contributed by atoms with van der Waals surface area (Å²) in [6.45, 7) is 4.97. The highest BCUT2D eigenvalue weighted by molar-refractivity contribution is 5.75. The van der Waals surface area contributed by atoms with Crippen LogP contribution in [0.1, 0.15) is 13.3 Å². The molecule has 0 aliphatic heterocycles. The van der Waals surface area contributed by atoms with Crippen LogP contribution in [0.3, 0.4) is 0 Å². The molecule has 5 heteroatoms. The first-order chi connectivity index (χ1) is 7.47. The number of esters is 1. The van der Waals surface area contributed by atoms with Crippen LogP contribution in [0.25, 0.3) is 0 Å². The van der Waals surface area contributed by atoms with Crippen LogP contribution in [0.15, 0.2) is 0 Å². The summed E-state index contributed by atoms with van der Waals surface area (Å²) in [6.07, 6.45) is 0.642. The average molecular weight is 231 g/mol. The molecule has 0 radical (unpaired) electrons. The van der Waals surface area contributed by atoms with E-state index < -0.39 is 6.04 Å². The zero-order valence-electron chi connectivity index (χ0n) is 10.9. The Kier molecular flexibility index (Phi) is 8.15. The molecule has 0 heterocycles. The summed E-state index contributed by atoms with van der Waals surface area (Å²) < 4.78 is 4.84. The monoisotopic (exact) mass is 231 g/mol. The lowest BCUT2D eigenvalue weighted by atomic mass is 10.2. The van der Waals surface area contributed by atoms with Crippen LogP contribution in [-0.4, -0.2) is 69.2 Å². The van der Waals surface area contributed by atoms with E-state index in [0.29, 0.717) is 13.0 Å². The zero-order chi connectivity index (χ0) is 12.6. The van der Waals surface area contributed by atoms with E-state index in [9.17, 15) is 4.79 Å². The van der Waals surface area contributed by atoms with E-state index >= 15 is 0 Å². The summed E-state index contributed by atoms with van der Waals surface area (Å²) in [6, 6.07) is -0.498. The zero-order valence-corrected chi connectivity index (χ0v) is 10.9. The van der Waals surface area contributed by atoms with Gasteiger partial charge in [-0.15, -0.1) is 0 Å². The van der Waals surface area contributed by atoms with Gasteiger partial charge in [0.1, 0.15) is 6.04 Å². The van der Waals surface area contributed by atoms with Gasteiger partial charge in [-0.1, -0.05) is 0 Å². The number of ether oxygens (including phenoxy) is 1. The standard InChI is InChI=1S/C11H25N3O2/c1-5-16-11(15)10(12)6-7-14(4)9-8-13(2)3/h10H,5-9,12H2,1-4H3. The van der Waals surface area contributed by atoms with E-state index in [-0.39, 0.29) is 5.97 Å². The Bertz CT molecular complexity index is 198. The van der Waals surface area contributed by atoms with Crippen molar-refractivity contribution in [3.63, 3.8) is 0 Å². The van der Waals surface area contributed by atoms with Crippen molar-refractivity contribution >= 4 is 5.97 Å². The van der Waals surface area contributed by atoms with Crippen LogP contribution >= 0.6 is 0 Å². The topological polar surface area (TPSA) is 58.8 Å². The molecule has 5 nitrogen and oxygen atoms in total. The van der Waals surface area contributed by atoms with Gasteiger partial charge in [0.15, 0.2) is 0 Å². The third-order valence-corrected chi connectivity index (χ3v) is 2.34. The highest BCUT2D eigenvalue weighted by Crippen LogP contribution is 1.95. The largest absolute Gasteiger partial charge is 0.465 e. The van der Waals surface area contributed by atoms with Gasteiger partial charge in [-0.3, -0.25) is 4.79 Å². The van der Waals surface area contributed by atoms with Crippen molar-refractivity contribution in [1.29, 1.82) is 0 Å². The van der Waals surface area contributed by atoms with E-state index in [0.717, 1.165) is 19.6 Å². The van der Waals surface area contributed by atoms with E-state index in [1.807, 2.05) is 21.1 Å². The van der Waals surface area contributed by atoms with Crippen molar-refractivity contribution in [2.45, 2.75) is 19.4 Å². The Balaban J connectivity index is 3.65. The number of likely N-dealkylation sites (N-methyl/N-ethyl adjacent to an activating group) is 2. The normalized spacial score (nSPS) is 13.2. The van der Waals surface area contributed by atoms with Gasteiger partial charge in [-0.05, 0) is 41.0 Å². The fraction of sp³-hybridized carbons (Fsp3) is 0.909. The highest BCUT2D eigenvalue weighted by Gasteiger charge is 2.14. The summed E-state index contributed by atoms with van der Waals surface area (Å²) >= 11 is 0. The van der Waals surface area contributed by atoms with E-state index in [2.05, 4.69) is 9.80 Å². The lowest BCUT2D eigenvalue weighted by Crippen LogP contribution is -2.37. The molecule has 0 aliphatic carbocycles. The first-order valence-corrected chi connectivity index (χ1v) is 5.72. The molecule has 0 spiro atoms. The summed E-state index contributed by atoms with van der Waals surface area (Å²) in [4.78, 5) is 15.5. The molecule has 0 amide bonds. The Labute approximate surface area is 98.5 Å². The van der Waals surface area contributed by atoms with E-state index in [1.165, 1.54) is 0 Å². The first-order valence-electron chi connectivity index (χ1n) is 5.72. The van der Waals surface area contributed by atoms with Crippen LogP contribution in [-0.2, 0) is 9.53 Å². The van der Waals surface area contributed by atoms with Crippen molar-refractivity contribution in [1.82, 2.24) is 9.80 Å². The minimum absolute atomic E-state index is 0.302. The van der Waals surface area contributed by atoms with Gasteiger partial charge >= 0.3 is 5.97 Å². The second kappa shape index (κ2) is 8.50. The lowest BCUT2D eigenvalue weighted by molar-refractivity contribution is -0.144. The predicted molar refractivity (Wildman–Crippen MR) is 65.3 cm³/mol. The summed E-state index contributed by atoms with van der Waals surface area (Å²) in [7, 11) is 6.11. The van der Waals surface area contributed by atoms with Crippen molar-refractivity contribution < 1.29 is 9.53 Å². The van der Waals surface area contributed by atoms with Gasteiger partial charge in [-0.25, -0.2) is 0 Å². The average Bonchev–Trinajstić information content (AvgIpc) is 2.23. The minimum atomic E-state index is -0.498.